The van der Waals surface area contributed by atoms with Crippen molar-refractivity contribution in [2.24, 2.45) is 5.10 Å². The van der Waals surface area contributed by atoms with Gasteiger partial charge in [-0.3, -0.25) is 19.9 Å². The first-order valence-corrected chi connectivity index (χ1v) is 6.33. The summed E-state index contributed by atoms with van der Waals surface area (Å²) in [6.45, 7) is 0. The molecule has 118 valence electrons. The Bertz CT molecular complexity index is 761. The molecule has 9 nitrogen and oxygen atoms in total. The van der Waals surface area contributed by atoms with Gasteiger partial charge in [-0.05, 0) is 24.3 Å². The second-order valence-corrected chi connectivity index (χ2v) is 4.23. The quantitative estimate of drug-likeness (QED) is 0.488. The van der Waals surface area contributed by atoms with Gasteiger partial charge in [-0.15, -0.1) is 0 Å². The third-order valence-electron chi connectivity index (χ3n) is 2.80. The summed E-state index contributed by atoms with van der Waals surface area (Å²) in [5.41, 5.74) is 1.97. The van der Waals surface area contributed by atoms with Gasteiger partial charge in [0.2, 0.25) is 5.75 Å². The number of carbonyl (C=O) groups excluding carboxylic acids is 1. The molecule has 2 aromatic rings. The molecule has 0 saturated carbocycles. The number of nitrogens with one attached hydrogen (secondary N) is 1. The first-order chi connectivity index (χ1) is 11.0. The molecule has 0 aliphatic heterocycles. The van der Waals surface area contributed by atoms with E-state index in [2.05, 4.69) is 15.5 Å². The lowest BCUT2D eigenvalue weighted by Crippen LogP contribution is -2.18. The first kappa shape index (κ1) is 15.9. The number of nitrogens with zero attached hydrogens (tertiary/aromatic N) is 3. The number of pyridine rings is 1. The number of hydrogen-bond acceptors (Lipinski definition) is 7. The molecule has 1 amide bonds. The number of amides is 1. The Balaban J connectivity index is 2.23. The summed E-state index contributed by atoms with van der Waals surface area (Å²) in [5, 5.41) is 24.4. The molecule has 0 fully saturated rings. The molecular weight excluding hydrogens is 304 g/mol. The van der Waals surface area contributed by atoms with Gasteiger partial charge in [-0.2, -0.15) is 5.10 Å². The second kappa shape index (κ2) is 6.98. The lowest BCUT2D eigenvalue weighted by Gasteiger charge is -2.06. The minimum Gasteiger partial charge on any atom is -0.504 e. The lowest BCUT2D eigenvalue weighted by molar-refractivity contribution is -0.386. The van der Waals surface area contributed by atoms with Crippen molar-refractivity contribution in [3.05, 3.63) is 57.9 Å². The van der Waals surface area contributed by atoms with Gasteiger partial charge in [-0.1, -0.05) is 6.07 Å². The third kappa shape index (κ3) is 3.59. The van der Waals surface area contributed by atoms with Gasteiger partial charge in [0.15, 0.2) is 5.75 Å². The molecule has 0 atom stereocenters. The highest BCUT2D eigenvalue weighted by atomic mass is 16.6. The maximum absolute atomic E-state index is 11.7. The van der Waals surface area contributed by atoms with E-state index in [1.807, 2.05) is 0 Å². The van der Waals surface area contributed by atoms with Crippen molar-refractivity contribution in [1.29, 1.82) is 0 Å². The SMILES string of the molecule is COc1c(O)ccc(/C=N\NC(=O)c2ccccn2)c1[N+](=O)[O-]. The van der Waals surface area contributed by atoms with E-state index in [4.69, 9.17) is 4.74 Å². The number of ether oxygens (including phenoxy) is 1. The number of methoxy groups -OCH3 is 1. The number of phenolic OH excluding ortho intramolecular Hbond substituents is 1. The number of hydrazone groups is 1. The number of aromatic nitrogens is 1. The minimum absolute atomic E-state index is 0.0611. The zero-order valence-electron chi connectivity index (χ0n) is 12.0. The molecule has 0 saturated heterocycles. The van der Waals surface area contributed by atoms with Crippen molar-refractivity contribution in [2.45, 2.75) is 0 Å². The molecule has 0 spiro atoms. The molecule has 2 N–H and O–H groups in total. The van der Waals surface area contributed by atoms with Gasteiger partial charge in [0.1, 0.15) is 5.69 Å². The van der Waals surface area contributed by atoms with Gasteiger partial charge in [-0.25, -0.2) is 5.43 Å². The molecule has 0 aliphatic carbocycles. The van der Waals surface area contributed by atoms with E-state index in [0.717, 1.165) is 6.21 Å². The highest BCUT2D eigenvalue weighted by Crippen LogP contribution is 2.37. The van der Waals surface area contributed by atoms with Crippen molar-refractivity contribution in [1.82, 2.24) is 10.4 Å². The van der Waals surface area contributed by atoms with Crippen LogP contribution in [0, 0.1) is 10.1 Å². The van der Waals surface area contributed by atoms with Crippen LogP contribution in [-0.2, 0) is 0 Å². The fraction of sp³-hybridized carbons (Fsp3) is 0.0714. The van der Waals surface area contributed by atoms with Crippen LogP contribution < -0.4 is 10.2 Å². The molecule has 1 heterocycles. The molecule has 23 heavy (non-hydrogen) atoms. The van der Waals surface area contributed by atoms with Crippen LogP contribution in [0.25, 0.3) is 0 Å². The molecule has 0 bridgehead atoms. The predicted molar refractivity (Wildman–Crippen MR) is 80.6 cm³/mol. The van der Waals surface area contributed by atoms with E-state index >= 15 is 0 Å². The summed E-state index contributed by atoms with van der Waals surface area (Å²) >= 11 is 0. The van der Waals surface area contributed by atoms with Crippen LogP contribution in [0.4, 0.5) is 5.69 Å². The van der Waals surface area contributed by atoms with Gasteiger partial charge < -0.3 is 9.84 Å². The van der Waals surface area contributed by atoms with Crippen molar-refractivity contribution in [3.8, 4) is 11.5 Å². The van der Waals surface area contributed by atoms with E-state index < -0.39 is 16.5 Å². The normalized spacial score (nSPS) is 10.5. The van der Waals surface area contributed by atoms with Gasteiger partial charge >= 0.3 is 5.69 Å². The highest BCUT2D eigenvalue weighted by molar-refractivity contribution is 5.94. The number of phenols is 1. The summed E-state index contributed by atoms with van der Waals surface area (Å²) in [5.74, 6) is -1.21. The molecule has 0 unspecified atom stereocenters. The summed E-state index contributed by atoms with van der Waals surface area (Å²) in [7, 11) is 1.20. The Labute approximate surface area is 130 Å². The first-order valence-electron chi connectivity index (χ1n) is 6.33. The van der Waals surface area contributed by atoms with Gasteiger partial charge in [0.05, 0.1) is 23.8 Å². The standard InChI is InChI=1S/C14H12N4O5/c1-23-13-11(19)6-5-9(12(13)18(21)22)8-16-17-14(20)10-4-2-3-7-15-10/h2-8,19H,1H3,(H,17,20)/b16-8-. The summed E-state index contributed by atoms with van der Waals surface area (Å²) in [4.78, 5) is 26.0. The Hall–Kier alpha value is -3.49. The lowest BCUT2D eigenvalue weighted by atomic mass is 10.1. The maximum atomic E-state index is 11.7. The van der Waals surface area contributed by atoms with Crippen molar-refractivity contribution >= 4 is 17.8 Å². The molecule has 1 aromatic heterocycles. The Morgan fingerprint density at radius 2 is 2.22 bits per heavy atom. The highest BCUT2D eigenvalue weighted by Gasteiger charge is 2.23. The Morgan fingerprint density at radius 3 is 2.83 bits per heavy atom. The predicted octanol–water partition coefficient (Wildman–Crippen LogP) is 1.47. The smallest absolute Gasteiger partial charge is 0.323 e. The number of nitro benzene ring substituents is 1. The van der Waals surface area contributed by atoms with Crippen LogP contribution in [0.15, 0.2) is 41.6 Å². The number of nitro groups is 1. The number of carbonyl (C=O) groups is 1. The van der Waals surface area contributed by atoms with Crippen molar-refractivity contribution < 1.29 is 19.6 Å². The van der Waals surface area contributed by atoms with E-state index in [0.29, 0.717) is 0 Å². The topological polar surface area (TPSA) is 127 Å². The van der Waals surface area contributed by atoms with Crippen LogP contribution >= 0.6 is 0 Å². The van der Waals surface area contributed by atoms with E-state index in [9.17, 15) is 20.0 Å². The van der Waals surface area contributed by atoms with E-state index in [1.165, 1.54) is 31.5 Å². The van der Waals surface area contributed by atoms with Crippen LogP contribution in [0.5, 0.6) is 11.5 Å². The fourth-order valence-corrected chi connectivity index (χ4v) is 1.78. The summed E-state index contributed by atoms with van der Waals surface area (Å²) in [6, 6.07) is 7.31. The molecule has 2 rings (SSSR count). The van der Waals surface area contributed by atoms with E-state index in [-0.39, 0.29) is 22.8 Å². The zero-order valence-corrected chi connectivity index (χ0v) is 12.0. The van der Waals surface area contributed by atoms with Crippen LogP contribution in [-0.4, -0.2) is 34.2 Å². The maximum Gasteiger partial charge on any atom is 0.323 e. The van der Waals surface area contributed by atoms with Crippen LogP contribution in [0.2, 0.25) is 0 Å². The summed E-state index contributed by atoms with van der Waals surface area (Å²) in [6.07, 6.45) is 2.54. The zero-order chi connectivity index (χ0) is 16.8. The molecule has 1 aromatic carbocycles. The summed E-state index contributed by atoms with van der Waals surface area (Å²) < 4.78 is 4.82. The molecule has 9 heteroatoms. The van der Waals surface area contributed by atoms with Crippen LogP contribution in [0.1, 0.15) is 16.1 Å². The number of benzene rings is 1. The van der Waals surface area contributed by atoms with Crippen molar-refractivity contribution in [2.75, 3.05) is 7.11 Å². The van der Waals surface area contributed by atoms with Gasteiger partial charge in [0, 0.05) is 6.20 Å². The van der Waals surface area contributed by atoms with Crippen LogP contribution in [0.3, 0.4) is 0 Å². The Morgan fingerprint density at radius 1 is 1.43 bits per heavy atom. The molecule has 0 radical (unpaired) electrons. The largest absolute Gasteiger partial charge is 0.504 e. The van der Waals surface area contributed by atoms with Crippen molar-refractivity contribution in [3.63, 3.8) is 0 Å². The molecular formula is C14H12N4O5. The monoisotopic (exact) mass is 316 g/mol. The minimum atomic E-state index is -0.708. The number of rotatable bonds is 5. The second-order valence-electron chi connectivity index (χ2n) is 4.23. The number of hydrogen-bond donors (Lipinski definition) is 2. The third-order valence-corrected chi connectivity index (χ3v) is 2.80. The average Bonchev–Trinajstić information content (AvgIpc) is 2.56. The van der Waals surface area contributed by atoms with E-state index in [1.54, 1.807) is 12.1 Å². The average molecular weight is 316 g/mol. The molecule has 0 aliphatic rings. The number of aromatic hydroxyl groups is 1. The Kier molecular flexibility index (Phi) is 4.82. The van der Waals surface area contributed by atoms with Gasteiger partial charge in [0.25, 0.3) is 5.91 Å². The fourth-order valence-electron chi connectivity index (χ4n) is 1.78.